The molecule has 4 aliphatic rings. The van der Waals surface area contributed by atoms with Crippen LogP contribution < -0.4 is 5.73 Å². The van der Waals surface area contributed by atoms with Crippen LogP contribution in [0.1, 0.15) is 166 Å². The van der Waals surface area contributed by atoms with Crippen molar-refractivity contribution in [3.63, 3.8) is 0 Å². The summed E-state index contributed by atoms with van der Waals surface area (Å²) < 4.78 is 0. The highest BCUT2D eigenvalue weighted by Crippen LogP contribution is 2.67. The highest BCUT2D eigenvalue weighted by Gasteiger charge is 2.59. The van der Waals surface area contributed by atoms with Crippen LogP contribution >= 0.6 is 21.6 Å². The largest absolute Gasteiger partial charge is 0.343 e. The van der Waals surface area contributed by atoms with E-state index >= 15 is 0 Å². The maximum Gasteiger partial charge on any atom is 0.223 e. The van der Waals surface area contributed by atoms with E-state index in [4.69, 9.17) is 5.73 Å². The molecule has 0 heterocycles. The van der Waals surface area contributed by atoms with Crippen molar-refractivity contribution < 1.29 is 4.79 Å². The van der Waals surface area contributed by atoms with Crippen LogP contribution in [0.5, 0.6) is 0 Å². The van der Waals surface area contributed by atoms with Gasteiger partial charge in [0.2, 0.25) is 5.91 Å². The standard InChI is InChI=1S/C42H76N2OS2/c1-30(2)13-11-14-31(3)35-17-18-36-34-16-15-32-29-33(19-23-41(32,9)37(34)20-24-42(35,36)10)47-46-28-21-38(45)44(27-25-40(7,8)43)26-12-22-39(4,5)6/h15,30-31,33-37H,11-14,16-29,43H2,1-10H3/t31-,33+,34+,35-,36+,37+,41+,42-/m1/s1. The third kappa shape index (κ3) is 10.5. The van der Waals surface area contributed by atoms with Crippen molar-refractivity contribution in [2.24, 2.45) is 57.5 Å². The molecule has 2 N–H and O–H groups in total. The number of hydrogen-bond acceptors (Lipinski definition) is 4. The fourth-order valence-electron chi connectivity index (χ4n) is 10.8. The fraction of sp³-hybridized carbons (Fsp3) is 0.929. The van der Waals surface area contributed by atoms with Gasteiger partial charge in [-0.2, -0.15) is 0 Å². The molecule has 3 nitrogen and oxygen atoms in total. The van der Waals surface area contributed by atoms with E-state index in [9.17, 15) is 4.79 Å². The summed E-state index contributed by atoms with van der Waals surface area (Å²) in [6.07, 6.45) is 21.9. The van der Waals surface area contributed by atoms with Crippen molar-refractivity contribution in [2.75, 3.05) is 18.8 Å². The molecule has 0 spiro atoms. The molecule has 0 aromatic rings. The Kier molecular flexibility index (Phi) is 13.9. The van der Waals surface area contributed by atoms with Gasteiger partial charge in [0.25, 0.3) is 0 Å². The van der Waals surface area contributed by atoms with Crippen molar-refractivity contribution in [1.82, 2.24) is 4.90 Å². The number of hydrogen-bond donors (Lipinski definition) is 1. The highest BCUT2D eigenvalue weighted by atomic mass is 33.1. The summed E-state index contributed by atoms with van der Waals surface area (Å²) in [5, 5.41) is 0.698. The second-order valence-electron chi connectivity index (χ2n) is 19.6. The van der Waals surface area contributed by atoms with Crippen molar-refractivity contribution in [3.8, 4) is 0 Å². The Morgan fingerprint density at radius 2 is 1.70 bits per heavy atom. The van der Waals surface area contributed by atoms with Crippen LogP contribution in [0.25, 0.3) is 0 Å². The Morgan fingerprint density at radius 1 is 0.957 bits per heavy atom. The van der Waals surface area contributed by atoms with Crippen molar-refractivity contribution >= 4 is 27.5 Å². The molecule has 0 radical (unpaired) electrons. The van der Waals surface area contributed by atoms with Crippen molar-refractivity contribution in [2.45, 2.75) is 176 Å². The maximum atomic E-state index is 13.3. The number of amides is 1. The van der Waals surface area contributed by atoms with E-state index in [1.165, 1.54) is 70.6 Å². The number of carbonyl (C=O) groups is 1. The summed E-state index contributed by atoms with van der Waals surface area (Å²) in [5.74, 6) is 6.66. The van der Waals surface area contributed by atoms with Gasteiger partial charge in [-0.3, -0.25) is 4.79 Å². The molecule has 3 fully saturated rings. The van der Waals surface area contributed by atoms with E-state index < -0.39 is 0 Å². The molecule has 3 saturated carbocycles. The van der Waals surface area contributed by atoms with Gasteiger partial charge in [-0.1, -0.05) is 108 Å². The maximum absolute atomic E-state index is 13.3. The van der Waals surface area contributed by atoms with E-state index in [2.05, 4.69) is 91.0 Å². The van der Waals surface area contributed by atoms with Crippen LogP contribution in [-0.4, -0.2) is 40.4 Å². The Morgan fingerprint density at radius 3 is 2.38 bits per heavy atom. The van der Waals surface area contributed by atoms with E-state index in [0.717, 1.165) is 73.6 Å². The molecular weight excluding hydrogens is 613 g/mol. The minimum absolute atomic E-state index is 0.237. The van der Waals surface area contributed by atoms with Gasteiger partial charge < -0.3 is 10.6 Å². The summed E-state index contributed by atoms with van der Waals surface area (Å²) >= 11 is 0. The average Bonchev–Trinajstić information content (AvgIpc) is 3.33. The molecule has 1 amide bonds. The zero-order chi connectivity index (χ0) is 34.6. The van der Waals surface area contributed by atoms with Gasteiger partial charge in [0.15, 0.2) is 0 Å². The van der Waals surface area contributed by atoms with Gasteiger partial charge in [-0.25, -0.2) is 0 Å². The number of fused-ring (bicyclic) bond motifs is 5. The van der Waals surface area contributed by atoms with Crippen molar-refractivity contribution in [1.29, 1.82) is 0 Å². The predicted molar refractivity (Wildman–Crippen MR) is 210 cm³/mol. The van der Waals surface area contributed by atoms with E-state index in [1.54, 1.807) is 5.57 Å². The summed E-state index contributed by atoms with van der Waals surface area (Å²) in [7, 11) is 4.04. The van der Waals surface area contributed by atoms with Gasteiger partial charge in [0.05, 0.1) is 0 Å². The van der Waals surface area contributed by atoms with Crippen LogP contribution in [0.15, 0.2) is 11.6 Å². The third-order valence-electron chi connectivity index (χ3n) is 13.6. The molecular formula is C42H76N2OS2. The second-order valence-corrected chi connectivity index (χ2v) is 22.4. The second kappa shape index (κ2) is 16.5. The smallest absolute Gasteiger partial charge is 0.223 e. The average molecular weight is 689 g/mol. The zero-order valence-electron chi connectivity index (χ0n) is 32.6. The topological polar surface area (TPSA) is 46.3 Å². The first-order valence-electron chi connectivity index (χ1n) is 20.0. The Labute approximate surface area is 300 Å². The predicted octanol–water partition coefficient (Wildman–Crippen LogP) is 12.0. The molecule has 8 atom stereocenters. The molecule has 0 unspecified atom stereocenters. The zero-order valence-corrected chi connectivity index (χ0v) is 34.2. The summed E-state index contributed by atoms with van der Waals surface area (Å²) in [6, 6.07) is 0. The molecule has 4 rings (SSSR count). The van der Waals surface area contributed by atoms with E-state index in [-0.39, 0.29) is 5.54 Å². The third-order valence-corrected chi connectivity index (χ3v) is 16.5. The lowest BCUT2D eigenvalue weighted by Crippen LogP contribution is -2.50. The summed E-state index contributed by atoms with van der Waals surface area (Å²) in [4.78, 5) is 15.4. The normalized spacial score (nSPS) is 33.2. The van der Waals surface area contributed by atoms with Crippen LogP contribution in [0.4, 0.5) is 0 Å². The Balaban J connectivity index is 1.26. The van der Waals surface area contributed by atoms with Crippen LogP contribution in [0.2, 0.25) is 0 Å². The van der Waals surface area contributed by atoms with Crippen molar-refractivity contribution in [3.05, 3.63) is 11.6 Å². The monoisotopic (exact) mass is 689 g/mol. The van der Waals surface area contributed by atoms with Gasteiger partial charge in [0, 0.05) is 36.1 Å². The lowest BCUT2D eigenvalue weighted by molar-refractivity contribution is -0.131. The minimum atomic E-state index is -0.237. The Bertz CT molecular complexity index is 1040. The first kappa shape index (κ1) is 39.7. The first-order chi connectivity index (χ1) is 21.9. The summed E-state index contributed by atoms with van der Waals surface area (Å²) in [6.45, 7) is 25.4. The molecule has 0 aliphatic heterocycles. The van der Waals surface area contributed by atoms with Crippen LogP contribution in [0, 0.1) is 51.8 Å². The number of carbonyl (C=O) groups excluding carboxylic acids is 1. The number of nitrogens with two attached hydrogens (primary N) is 1. The Hall–Kier alpha value is -0.130. The molecule has 0 aromatic carbocycles. The number of rotatable bonds is 16. The molecule has 47 heavy (non-hydrogen) atoms. The van der Waals surface area contributed by atoms with E-state index in [0.29, 0.717) is 33.8 Å². The lowest BCUT2D eigenvalue weighted by atomic mass is 9.47. The molecule has 5 heteroatoms. The first-order valence-corrected chi connectivity index (χ1v) is 22.4. The quantitative estimate of drug-likeness (QED) is 0.0996. The van der Waals surface area contributed by atoms with Gasteiger partial charge in [0.1, 0.15) is 0 Å². The molecule has 272 valence electrons. The van der Waals surface area contributed by atoms with Gasteiger partial charge in [-0.05, 0) is 136 Å². The minimum Gasteiger partial charge on any atom is -0.343 e. The molecule has 0 saturated heterocycles. The number of nitrogens with zero attached hydrogens (tertiary/aromatic N) is 1. The van der Waals surface area contributed by atoms with E-state index in [1.807, 2.05) is 10.8 Å². The number of allylic oxidation sites excluding steroid dienone is 2. The fourth-order valence-corrected chi connectivity index (χ4v) is 13.4. The lowest BCUT2D eigenvalue weighted by Gasteiger charge is -2.58. The van der Waals surface area contributed by atoms with Crippen LogP contribution in [-0.2, 0) is 4.79 Å². The van der Waals surface area contributed by atoms with Gasteiger partial charge in [-0.15, -0.1) is 0 Å². The molecule has 4 aliphatic carbocycles. The molecule has 0 bridgehead atoms. The van der Waals surface area contributed by atoms with Gasteiger partial charge >= 0.3 is 0 Å². The summed E-state index contributed by atoms with van der Waals surface area (Å²) in [5.41, 5.74) is 9.16. The molecule has 0 aromatic heterocycles. The highest BCUT2D eigenvalue weighted by molar-refractivity contribution is 8.76. The SMILES string of the molecule is CC(C)CCC[C@@H](C)[C@H]1CC[C@H]2[C@@H]3CC=C4C[C@@H](SSCCC(=O)N(CCCC(C)(C)C)CCC(C)(C)N)CC[C@]4(C)[C@H]3CC[C@]12C. The van der Waals surface area contributed by atoms with Crippen LogP contribution in [0.3, 0.4) is 0 Å².